The van der Waals surface area contributed by atoms with E-state index < -0.39 is 18.1 Å². The topological polar surface area (TPSA) is 64.6 Å². The maximum atomic E-state index is 12.1. The van der Waals surface area contributed by atoms with Crippen molar-refractivity contribution in [3.63, 3.8) is 0 Å². The third kappa shape index (κ3) is 16.6. The van der Waals surface area contributed by atoms with Gasteiger partial charge in [0.1, 0.15) is 6.04 Å². The van der Waals surface area contributed by atoms with E-state index in [2.05, 4.69) is 18.8 Å². The lowest BCUT2D eigenvalue weighted by molar-refractivity contribution is -0.146. The monoisotopic (exact) mass is 397 g/mol. The van der Waals surface area contributed by atoms with Crippen LogP contribution < -0.4 is 5.32 Å². The van der Waals surface area contributed by atoms with Gasteiger partial charge >= 0.3 is 12.1 Å². The molecule has 5 heteroatoms. The molecule has 0 saturated heterocycles. The van der Waals surface area contributed by atoms with Gasteiger partial charge in [0.2, 0.25) is 0 Å². The van der Waals surface area contributed by atoms with E-state index in [1.54, 1.807) is 13.0 Å². The molecule has 28 heavy (non-hydrogen) atoms. The van der Waals surface area contributed by atoms with Crippen LogP contribution in [0.2, 0.25) is 0 Å². The third-order valence-electron chi connectivity index (χ3n) is 4.75. The lowest BCUT2D eigenvalue weighted by atomic mass is 10.0. The second-order valence-corrected chi connectivity index (χ2v) is 7.35. The van der Waals surface area contributed by atoms with Crippen molar-refractivity contribution in [3.8, 4) is 0 Å². The summed E-state index contributed by atoms with van der Waals surface area (Å²) in [5.74, 6) is -0.424. The van der Waals surface area contributed by atoms with E-state index in [9.17, 15) is 9.59 Å². The minimum Gasteiger partial charge on any atom is -0.464 e. The van der Waals surface area contributed by atoms with E-state index >= 15 is 0 Å². The molecule has 1 unspecified atom stereocenters. The van der Waals surface area contributed by atoms with Crippen LogP contribution in [0.4, 0.5) is 4.79 Å². The van der Waals surface area contributed by atoms with E-state index in [0.29, 0.717) is 13.0 Å². The van der Waals surface area contributed by atoms with Crippen molar-refractivity contribution in [2.45, 2.75) is 110 Å². The van der Waals surface area contributed by atoms with Crippen molar-refractivity contribution in [3.05, 3.63) is 12.7 Å². The quantitative estimate of drug-likeness (QED) is 0.157. The Morgan fingerprint density at radius 3 is 1.79 bits per heavy atom. The number of carbonyl (C=O) groups is 2. The van der Waals surface area contributed by atoms with Crippen LogP contribution in [0.15, 0.2) is 12.7 Å². The highest BCUT2D eigenvalue weighted by atomic mass is 16.6. The van der Waals surface area contributed by atoms with Crippen molar-refractivity contribution in [1.29, 1.82) is 0 Å². The maximum absolute atomic E-state index is 12.1. The molecule has 0 radical (unpaired) electrons. The molecule has 0 aliphatic rings. The van der Waals surface area contributed by atoms with Gasteiger partial charge in [0.15, 0.2) is 0 Å². The first kappa shape index (κ1) is 26.5. The lowest BCUT2D eigenvalue weighted by Gasteiger charge is -2.15. The molecular formula is C23H43NO4. The predicted molar refractivity (Wildman–Crippen MR) is 115 cm³/mol. The van der Waals surface area contributed by atoms with Crippen molar-refractivity contribution < 1.29 is 19.1 Å². The molecule has 1 N–H and O–H groups in total. The molecule has 0 aliphatic heterocycles. The molecule has 0 spiro atoms. The first-order chi connectivity index (χ1) is 13.7. The summed E-state index contributed by atoms with van der Waals surface area (Å²) in [5, 5.41) is 2.51. The van der Waals surface area contributed by atoms with Crippen LogP contribution in [0.5, 0.6) is 0 Å². The minimum atomic E-state index is -0.724. The van der Waals surface area contributed by atoms with Crippen molar-refractivity contribution in [2.24, 2.45) is 0 Å². The van der Waals surface area contributed by atoms with Gasteiger partial charge < -0.3 is 14.8 Å². The molecule has 0 bridgehead atoms. The van der Waals surface area contributed by atoms with Gasteiger partial charge in [-0.3, -0.25) is 0 Å². The zero-order chi connectivity index (χ0) is 20.9. The number of carbonyl (C=O) groups excluding carboxylic acids is 2. The molecule has 0 heterocycles. The number of hydrogen-bond donors (Lipinski definition) is 1. The Kier molecular flexibility index (Phi) is 19.1. The zero-order valence-corrected chi connectivity index (χ0v) is 18.3. The standard InChI is InChI=1S/C23H43NO4/c1-4-7-8-9-10-11-12-13-14-15-16-17-18-20-28-22(25)21(19-5-2)24-23(26)27-6-3/h5,21H,2,4,6-20H2,1,3H3,(H,24,26). The number of hydrogen-bond acceptors (Lipinski definition) is 4. The summed E-state index contributed by atoms with van der Waals surface area (Å²) in [4.78, 5) is 23.5. The third-order valence-corrected chi connectivity index (χ3v) is 4.75. The number of ether oxygens (including phenoxy) is 2. The Morgan fingerprint density at radius 1 is 0.821 bits per heavy atom. The van der Waals surface area contributed by atoms with Crippen LogP contribution in [0.3, 0.4) is 0 Å². The lowest BCUT2D eigenvalue weighted by Crippen LogP contribution is -2.41. The van der Waals surface area contributed by atoms with Gasteiger partial charge in [-0.2, -0.15) is 0 Å². The van der Waals surface area contributed by atoms with Crippen LogP contribution in [0.25, 0.3) is 0 Å². The van der Waals surface area contributed by atoms with E-state index in [1.165, 1.54) is 70.6 Å². The highest BCUT2D eigenvalue weighted by molar-refractivity contribution is 5.81. The first-order valence-electron chi connectivity index (χ1n) is 11.4. The molecular weight excluding hydrogens is 354 g/mol. The molecule has 164 valence electrons. The van der Waals surface area contributed by atoms with E-state index in [4.69, 9.17) is 9.47 Å². The van der Waals surface area contributed by atoms with Gasteiger partial charge in [0.05, 0.1) is 13.2 Å². The van der Waals surface area contributed by atoms with Crippen LogP contribution in [0.1, 0.15) is 104 Å². The van der Waals surface area contributed by atoms with Crippen molar-refractivity contribution in [1.82, 2.24) is 5.32 Å². The molecule has 0 fully saturated rings. The molecule has 5 nitrogen and oxygen atoms in total. The van der Waals surface area contributed by atoms with E-state index in [1.807, 2.05) is 0 Å². The zero-order valence-electron chi connectivity index (χ0n) is 18.3. The maximum Gasteiger partial charge on any atom is 0.407 e. The second-order valence-electron chi connectivity index (χ2n) is 7.35. The fraction of sp³-hybridized carbons (Fsp3) is 0.826. The smallest absolute Gasteiger partial charge is 0.407 e. The second kappa shape index (κ2) is 20.2. The summed E-state index contributed by atoms with van der Waals surface area (Å²) in [6.07, 6.45) is 18.0. The van der Waals surface area contributed by atoms with Crippen LogP contribution in [-0.4, -0.2) is 31.3 Å². The fourth-order valence-corrected chi connectivity index (χ4v) is 3.09. The largest absolute Gasteiger partial charge is 0.464 e. The predicted octanol–water partition coefficient (Wildman–Crippen LogP) is 6.31. The van der Waals surface area contributed by atoms with Gasteiger partial charge in [-0.25, -0.2) is 9.59 Å². The Bertz CT molecular complexity index is 398. The molecule has 0 aromatic carbocycles. The van der Waals surface area contributed by atoms with Gasteiger partial charge in [-0.05, 0) is 19.8 Å². The Balaban J connectivity index is 3.56. The summed E-state index contributed by atoms with van der Waals surface area (Å²) in [7, 11) is 0. The number of amides is 1. The molecule has 0 aromatic rings. The summed E-state index contributed by atoms with van der Waals surface area (Å²) in [6, 6.07) is -0.724. The average molecular weight is 398 g/mol. The SMILES string of the molecule is C=CCC(NC(=O)OCC)C(=O)OCCCCCCCCCCCCCCC. The fourth-order valence-electron chi connectivity index (χ4n) is 3.09. The van der Waals surface area contributed by atoms with Gasteiger partial charge in [0.25, 0.3) is 0 Å². The number of alkyl carbamates (subject to hydrolysis) is 1. The first-order valence-corrected chi connectivity index (χ1v) is 11.4. The Labute approximate surface area is 172 Å². The summed E-state index contributed by atoms with van der Waals surface area (Å²) < 4.78 is 10.1. The molecule has 1 amide bonds. The Hall–Kier alpha value is -1.52. The summed E-state index contributed by atoms with van der Waals surface area (Å²) in [6.45, 7) is 8.25. The van der Waals surface area contributed by atoms with Gasteiger partial charge in [0, 0.05) is 0 Å². The van der Waals surface area contributed by atoms with Crippen molar-refractivity contribution >= 4 is 12.1 Å². The number of esters is 1. The van der Waals surface area contributed by atoms with Crippen LogP contribution >= 0.6 is 0 Å². The van der Waals surface area contributed by atoms with Gasteiger partial charge in [-0.15, -0.1) is 6.58 Å². The van der Waals surface area contributed by atoms with Crippen molar-refractivity contribution in [2.75, 3.05) is 13.2 Å². The van der Waals surface area contributed by atoms with E-state index in [-0.39, 0.29) is 6.61 Å². The highest BCUT2D eigenvalue weighted by Gasteiger charge is 2.21. The van der Waals surface area contributed by atoms with Crippen LogP contribution in [0, 0.1) is 0 Å². The number of unbranched alkanes of at least 4 members (excludes halogenated alkanes) is 12. The minimum absolute atomic E-state index is 0.265. The van der Waals surface area contributed by atoms with E-state index in [0.717, 1.165) is 12.8 Å². The normalized spacial score (nSPS) is 11.6. The highest BCUT2D eigenvalue weighted by Crippen LogP contribution is 2.12. The Morgan fingerprint density at radius 2 is 1.32 bits per heavy atom. The molecule has 1 atom stereocenters. The average Bonchev–Trinajstić information content (AvgIpc) is 2.68. The summed E-state index contributed by atoms with van der Waals surface area (Å²) >= 11 is 0. The molecule has 0 aliphatic carbocycles. The van der Waals surface area contributed by atoms with Crippen LogP contribution in [-0.2, 0) is 14.3 Å². The summed E-state index contributed by atoms with van der Waals surface area (Å²) in [5.41, 5.74) is 0. The number of nitrogens with one attached hydrogen (secondary N) is 1. The molecule has 0 aromatic heterocycles. The van der Waals surface area contributed by atoms with Gasteiger partial charge in [-0.1, -0.05) is 90.0 Å². The number of rotatable bonds is 19. The molecule has 0 rings (SSSR count). The molecule has 0 saturated carbocycles.